The smallest absolute Gasteiger partial charge is 0.252 e. The average Bonchev–Trinajstić information content (AvgIpc) is 2.27. The van der Waals surface area contributed by atoms with Gasteiger partial charge in [-0.05, 0) is 18.4 Å². The van der Waals surface area contributed by atoms with E-state index in [-0.39, 0.29) is 18.4 Å². The van der Waals surface area contributed by atoms with Gasteiger partial charge in [-0.2, -0.15) is 0 Å². The highest BCUT2D eigenvalue weighted by Crippen LogP contribution is 2.13. The minimum atomic E-state index is -0.211. The number of aromatic nitrogens is 1. The van der Waals surface area contributed by atoms with Crippen molar-refractivity contribution in [2.24, 2.45) is 5.92 Å². The van der Waals surface area contributed by atoms with E-state index in [2.05, 4.69) is 10.3 Å². The maximum atomic E-state index is 11.7. The van der Waals surface area contributed by atoms with Crippen LogP contribution in [0.4, 0.5) is 0 Å². The number of nitrogens with zero attached hydrogens (tertiary/aromatic N) is 1. The molecule has 0 saturated carbocycles. The van der Waals surface area contributed by atoms with Crippen molar-refractivity contribution >= 4 is 17.5 Å². The van der Waals surface area contributed by atoms with Crippen LogP contribution in [0.2, 0.25) is 5.02 Å². The Morgan fingerprint density at radius 3 is 3.06 bits per heavy atom. The Morgan fingerprint density at radius 2 is 2.44 bits per heavy atom. The Hall–Kier alpha value is -1.13. The first-order valence-electron chi connectivity index (χ1n) is 5.13. The van der Waals surface area contributed by atoms with Gasteiger partial charge in [-0.15, -0.1) is 0 Å². The van der Waals surface area contributed by atoms with E-state index in [9.17, 15) is 4.79 Å². The number of rotatable bonds is 5. The monoisotopic (exact) mass is 242 g/mol. The molecule has 1 aromatic heterocycles. The van der Waals surface area contributed by atoms with Crippen molar-refractivity contribution in [2.75, 3.05) is 13.2 Å². The number of aliphatic hydroxyl groups is 1. The molecular formula is C11H15ClN2O2. The Labute approximate surface area is 99.6 Å². The molecule has 0 bridgehead atoms. The molecule has 0 spiro atoms. The number of hydrogen-bond donors (Lipinski definition) is 2. The fourth-order valence-corrected chi connectivity index (χ4v) is 1.45. The summed E-state index contributed by atoms with van der Waals surface area (Å²) in [7, 11) is 0. The van der Waals surface area contributed by atoms with Crippen molar-refractivity contribution < 1.29 is 9.90 Å². The molecule has 1 unspecified atom stereocenters. The normalized spacial score (nSPS) is 12.2. The van der Waals surface area contributed by atoms with Gasteiger partial charge in [0.1, 0.15) is 0 Å². The number of carbonyl (C=O) groups is 1. The summed E-state index contributed by atoms with van der Waals surface area (Å²) in [4.78, 5) is 15.5. The highest BCUT2D eigenvalue weighted by molar-refractivity contribution is 6.33. The van der Waals surface area contributed by atoms with Gasteiger partial charge in [-0.25, -0.2) is 0 Å². The van der Waals surface area contributed by atoms with E-state index in [1.54, 1.807) is 6.07 Å². The summed E-state index contributed by atoms with van der Waals surface area (Å²) < 4.78 is 0. The summed E-state index contributed by atoms with van der Waals surface area (Å²) in [6.07, 6.45) is 3.63. The second-order valence-electron chi connectivity index (χ2n) is 3.68. The number of halogens is 1. The Bertz CT molecular complexity index is 358. The van der Waals surface area contributed by atoms with Crippen LogP contribution in [0.25, 0.3) is 0 Å². The van der Waals surface area contributed by atoms with Crippen LogP contribution in [0.5, 0.6) is 0 Å². The van der Waals surface area contributed by atoms with E-state index in [4.69, 9.17) is 16.7 Å². The third-order valence-electron chi connectivity index (χ3n) is 2.25. The summed E-state index contributed by atoms with van der Waals surface area (Å²) in [5.74, 6) is 0.0340. The average molecular weight is 243 g/mol. The molecule has 0 aliphatic heterocycles. The maximum Gasteiger partial charge on any atom is 0.252 e. The first kappa shape index (κ1) is 12.9. The van der Waals surface area contributed by atoms with Crippen LogP contribution in [-0.4, -0.2) is 29.1 Å². The van der Waals surface area contributed by atoms with Crippen molar-refractivity contribution in [3.8, 4) is 0 Å². The van der Waals surface area contributed by atoms with Crippen LogP contribution in [0.3, 0.4) is 0 Å². The topological polar surface area (TPSA) is 62.2 Å². The van der Waals surface area contributed by atoms with Gasteiger partial charge in [0, 0.05) is 25.5 Å². The van der Waals surface area contributed by atoms with Crippen LogP contribution in [-0.2, 0) is 0 Å². The number of carbonyl (C=O) groups excluding carboxylic acids is 1. The minimum Gasteiger partial charge on any atom is -0.396 e. The van der Waals surface area contributed by atoms with E-state index in [0.29, 0.717) is 23.6 Å². The van der Waals surface area contributed by atoms with Crippen molar-refractivity contribution in [1.29, 1.82) is 0 Å². The zero-order valence-electron chi connectivity index (χ0n) is 9.11. The molecule has 0 aromatic carbocycles. The lowest BCUT2D eigenvalue weighted by atomic mass is 10.1. The summed E-state index contributed by atoms with van der Waals surface area (Å²) in [6.45, 7) is 2.62. The molecule has 1 rings (SSSR count). The molecule has 0 radical (unpaired) electrons. The second kappa shape index (κ2) is 6.45. The Kier molecular flexibility index (Phi) is 5.22. The molecule has 2 N–H and O–H groups in total. The molecule has 0 fully saturated rings. The van der Waals surface area contributed by atoms with Gasteiger partial charge >= 0.3 is 0 Å². The molecule has 0 aliphatic rings. The van der Waals surface area contributed by atoms with Crippen molar-refractivity contribution in [1.82, 2.24) is 10.3 Å². The van der Waals surface area contributed by atoms with E-state index < -0.39 is 0 Å². The molecule has 16 heavy (non-hydrogen) atoms. The summed E-state index contributed by atoms with van der Waals surface area (Å²) in [5, 5.41) is 11.8. The maximum absolute atomic E-state index is 11.7. The zero-order chi connectivity index (χ0) is 12.0. The molecule has 4 nitrogen and oxygen atoms in total. The number of nitrogens with one attached hydrogen (secondary N) is 1. The van der Waals surface area contributed by atoms with Gasteiger partial charge in [0.05, 0.1) is 10.6 Å². The van der Waals surface area contributed by atoms with Gasteiger partial charge in [-0.1, -0.05) is 18.5 Å². The molecule has 5 heteroatoms. The SMILES string of the molecule is CC(CCO)CNC(=O)c1ccncc1Cl. The minimum absolute atomic E-state index is 0.132. The van der Waals surface area contributed by atoms with Crippen molar-refractivity contribution in [3.05, 3.63) is 29.0 Å². The molecule has 1 amide bonds. The van der Waals surface area contributed by atoms with Gasteiger partial charge in [0.15, 0.2) is 0 Å². The number of aliphatic hydroxyl groups excluding tert-OH is 1. The third kappa shape index (κ3) is 3.79. The highest BCUT2D eigenvalue weighted by atomic mass is 35.5. The van der Waals surface area contributed by atoms with Gasteiger partial charge < -0.3 is 10.4 Å². The summed E-state index contributed by atoms with van der Waals surface area (Å²) in [6, 6.07) is 1.58. The van der Waals surface area contributed by atoms with Crippen LogP contribution < -0.4 is 5.32 Å². The summed E-state index contributed by atoms with van der Waals surface area (Å²) in [5.41, 5.74) is 0.424. The highest BCUT2D eigenvalue weighted by Gasteiger charge is 2.10. The zero-order valence-corrected chi connectivity index (χ0v) is 9.87. The molecule has 0 aliphatic carbocycles. The predicted molar refractivity (Wildman–Crippen MR) is 62.4 cm³/mol. The Morgan fingerprint density at radius 1 is 1.69 bits per heavy atom. The summed E-state index contributed by atoms with van der Waals surface area (Å²) >= 11 is 5.83. The van der Waals surface area contributed by atoms with E-state index in [0.717, 1.165) is 0 Å². The lowest BCUT2D eigenvalue weighted by molar-refractivity contribution is 0.0945. The molecule has 88 valence electrons. The molecule has 1 aromatic rings. The molecule has 0 saturated heterocycles. The number of hydrogen-bond acceptors (Lipinski definition) is 3. The molecule has 1 heterocycles. The number of pyridine rings is 1. The van der Waals surface area contributed by atoms with Crippen molar-refractivity contribution in [3.63, 3.8) is 0 Å². The predicted octanol–water partition coefficient (Wildman–Crippen LogP) is 1.48. The third-order valence-corrected chi connectivity index (χ3v) is 2.55. The van der Waals surface area contributed by atoms with E-state index in [1.807, 2.05) is 6.92 Å². The van der Waals surface area contributed by atoms with Crippen molar-refractivity contribution in [2.45, 2.75) is 13.3 Å². The second-order valence-corrected chi connectivity index (χ2v) is 4.09. The molecule has 1 atom stereocenters. The van der Waals surface area contributed by atoms with E-state index in [1.165, 1.54) is 12.4 Å². The largest absolute Gasteiger partial charge is 0.396 e. The van der Waals surface area contributed by atoms with Crippen LogP contribution in [0.15, 0.2) is 18.5 Å². The van der Waals surface area contributed by atoms with Gasteiger partial charge in [0.25, 0.3) is 5.91 Å². The number of amides is 1. The quantitative estimate of drug-likeness (QED) is 0.822. The lowest BCUT2D eigenvalue weighted by Gasteiger charge is -2.11. The molecular weight excluding hydrogens is 228 g/mol. The lowest BCUT2D eigenvalue weighted by Crippen LogP contribution is -2.28. The Balaban J connectivity index is 2.50. The van der Waals surface area contributed by atoms with Crippen LogP contribution >= 0.6 is 11.6 Å². The van der Waals surface area contributed by atoms with Crippen LogP contribution in [0.1, 0.15) is 23.7 Å². The fourth-order valence-electron chi connectivity index (χ4n) is 1.24. The first-order valence-corrected chi connectivity index (χ1v) is 5.51. The first-order chi connectivity index (χ1) is 7.65. The van der Waals surface area contributed by atoms with E-state index >= 15 is 0 Å². The van der Waals surface area contributed by atoms with Gasteiger partial charge in [0.2, 0.25) is 0 Å². The van der Waals surface area contributed by atoms with Gasteiger partial charge in [-0.3, -0.25) is 9.78 Å². The van der Waals surface area contributed by atoms with Crippen LogP contribution in [0, 0.1) is 5.92 Å². The standard InChI is InChI=1S/C11H15ClN2O2/c1-8(3-5-15)6-14-11(16)9-2-4-13-7-10(9)12/h2,4,7-8,15H,3,5-6H2,1H3,(H,14,16). The fraction of sp³-hybridized carbons (Fsp3) is 0.455.